The van der Waals surface area contributed by atoms with Crippen LogP contribution >= 0.6 is 0 Å². The van der Waals surface area contributed by atoms with Gasteiger partial charge in [0.05, 0.1) is 4.90 Å². The van der Waals surface area contributed by atoms with Crippen LogP contribution in [0, 0.1) is 13.8 Å². The van der Waals surface area contributed by atoms with Crippen LogP contribution in [0.1, 0.15) is 36.8 Å². The molecule has 0 spiro atoms. The molecule has 1 saturated heterocycles. The van der Waals surface area contributed by atoms with Crippen LogP contribution in [-0.4, -0.2) is 38.0 Å². The molecule has 0 aromatic heterocycles. The number of hydrogen-bond donors (Lipinski definition) is 0. The summed E-state index contributed by atoms with van der Waals surface area (Å²) in [5, 5.41) is 0. The van der Waals surface area contributed by atoms with Gasteiger partial charge in [-0.2, -0.15) is 4.31 Å². The van der Waals surface area contributed by atoms with E-state index >= 15 is 0 Å². The van der Waals surface area contributed by atoms with Crippen molar-refractivity contribution < 1.29 is 13.2 Å². The number of aryl methyl sites for hydroxylation is 2. The molecule has 0 atom stereocenters. The molecule has 1 aromatic rings. The van der Waals surface area contributed by atoms with Gasteiger partial charge in [-0.15, -0.1) is 0 Å². The van der Waals surface area contributed by atoms with Crippen molar-refractivity contribution in [2.45, 2.75) is 56.5 Å². The number of benzene rings is 1. The normalized spacial score (nSPS) is 20.9. The minimum atomic E-state index is -3.41. The van der Waals surface area contributed by atoms with E-state index in [1.54, 1.807) is 10.4 Å². The molecular formula is C16H23NO3S. The van der Waals surface area contributed by atoms with Crippen molar-refractivity contribution in [1.82, 2.24) is 4.31 Å². The summed E-state index contributed by atoms with van der Waals surface area (Å²) < 4.78 is 33.5. The molecule has 1 aromatic carbocycles. The quantitative estimate of drug-likeness (QED) is 0.859. The first-order chi connectivity index (χ1) is 10.00. The van der Waals surface area contributed by atoms with Gasteiger partial charge in [-0.3, -0.25) is 0 Å². The second-order valence-corrected chi connectivity index (χ2v) is 7.99. The lowest BCUT2D eigenvalue weighted by molar-refractivity contribution is 0.0569. The van der Waals surface area contributed by atoms with Gasteiger partial charge >= 0.3 is 0 Å². The topological polar surface area (TPSA) is 46.6 Å². The number of sulfonamides is 1. The number of hydrogen-bond acceptors (Lipinski definition) is 3. The molecule has 1 aliphatic heterocycles. The predicted octanol–water partition coefficient (Wildman–Crippen LogP) is 2.64. The first kappa shape index (κ1) is 15.0. The molecule has 4 nitrogen and oxygen atoms in total. The molecule has 21 heavy (non-hydrogen) atoms. The molecule has 0 radical (unpaired) electrons. The minimum absolute atomic E-state index is 0.0937. The van der Waals surface area contributed by atoms with E-state index < -0.39 is 10.0 Å². The maximum Gasteiger partial charge on any atom is 0.243 e. The minimum Gasteiger partial charge on any atom is -0.381 e. The molecule has 2 fully saturated rings. The summed E-state index contributed by atoms with van der Waals surface area (Å²) in [5.41, 5.74) is 1.82. The number of ether oxygens (including phenoxy) is 1. The van der Waals surface area contributed by atoms with Crippen LogP contribution in [-0.2, 0) is 14.8 Å². The Labute approximate surface area is 127 Å². The van der Waals surface area contributed by atoms with Crippen molar-refractivity contribution in [3.05, 3.63) is 29.3 Å². The summed E-state index contributed by atoms with van der Waals surface area (Å²) in [6, 6.07) is 5.95. The van der Waals surface area contributed by atoms with Crippen LogP contribution in [0.2, 0.25) is 0 Å². The first-order valence-corrected chi connectivity index (χ1v) is 9.12. The summed E-state index contributed by atoms with van der Waals surface area (Å²) in [6.07, 6.45) is 3.59. The third-order valence-corrected chi connectivity index (χ3v) is 6.50. The Kier molecular flexibility index (Phi) is 4.08. The van der Waals surface area contributed by atoms with Crippen molar-refractivity contribution in [3.63, 3.8) is 0 Å². The third-order valence-electron chi connectivity index (χ3n) is 4.36. The molecule has 5 heteroatoms. The fourth-order valence-corrected chi connectivity index (χ4v) is 5.30. The van der Waals surface area contributed by atoms with Crippen LogP contribution < -0.4 is 0 Å². The second-order valence-electron chi connectivity index (χ2n) is 6.18. The van der Waals surface area contributed by atoms with Gasteiger partial charge in [0.1, 0.15) is 0 Å². The van der Waals surface area contributed by atoms with Gasteiger partial charge in [-0.05, 0) is 56.7 Å². The highest BCUT2D eigenvalue weighted by atomic mass is 32.2. The van der Waals surface area contributed by atoms with Crippen LogP contribution in [0.25, 0.3) is 0 Å². The molecule has 0 unspecified atom stereocenters. The van der Waals surface area contributed by atoms with Crippen molar-refractivity contribution in [2.24, 2.45) is 0 Å². The first-order valence-electron chi connectivity index (χ1n) is 7.68. The van der Waals surface area contributed by atoms with E-state index in [1.165, 1.54) is 0 Å². The Morgan fingerprint density at radius 3 is 2.29 bits per heavy atom. The van der Waals surface area contributed by atoms with Gasteiger partial charge < -0.3 is 4.74 Å². The fraction of sp³-hybridized carbons (Fsp3) is 0.625. The predicted molar refractivity (Wildman–Crippen MR) is 81.8 cm³/mol. The summed E-state index contributed by atoms with van der Waals surface area (Å²) >= 11 is 0. The van der Waals surface area contributed by atoms with E-state index in [1.807, 2.05) is 26.0 Å². The molecule has 0 amide bonds. The molecule has 1 heterocycles. The van der Waals surface area contributed by atoms with E-state index in [9.17, 15) is 8.42 Å². The van der Waals surface area contributed by atoms with E-state index in [4.69, 9.17) is 4.74 Å². The van der Waals surface area contributed by atoms with E-state index in [2.05, 4.69) is 0 Å². The lowest BCUT2D eigenvalue weighted by Crippen LogP contribution is -2.44. The second kappa shape index (κ2) is 5.71. The maximum absolute atomic E-state index is 13.2. The molecule has 1 saturated carbocycles. The van der Waals surface area contributed by atoms with Gasteiger partial charge in [0.25, 0.3) is 0 Å². The summed E-state index contributed by atoms with van der Waals surface area (Å²) in [4.78, 5) is 0.473. The Morgan fingerprint density at radius 2 is 1.67 bits per heavy atom. The van der Waals surface area contributed by atoms with Crippen LogP contribution in [0.5, 0.6) is 0 Å². The van der Waals surface area contributed by atoms with Gasteiger partial charge in [0.15, 0.2) is 0 Å². The van der Waals surface area contributed by atoms with E-state index in [-0.39, 0.29) is 12.1 Å². The van der Waals surface area contributed by atoms with Gasteiger partial charge in [0.2, 0.25) is 10.0 Å². The largest absolute Gasteiger partial charge is 0.381 e. The van der Waals surface area contributed by atoms with Crippen molar-refractivity contribution >= 4 is 10.0 Å². The maximum atomic E-state index is 13.2. The Bertz CT molecular complexity index is 616. The third kappa shape index (κ3) is 3.00. The monoisotopic (exact) mass is 309 g/mol. The molecular weight excluding hydrogens is 286 g/mol. The highest BCUT2D eigenvalue weighted by Crippen LogP contribution is 2.37. The Balaban J connectivity index is 1.98. The molecule has 2 aliphatic rings. The zero-order chi connectivity index (χ0) is 15.0. The molecule has 116 valence electrons. The Morgan fingerprint density at radius 1 is 1.05 bits per heavy atom. The van der Waals surface area contributed by atoms with Gasteiger partial charge in [-0.1, -0.05) is 12.1 Å². The Hall–Kier alpha value is -0.910. The van der Waals surface area contributed by atoms with E-state index in [0.717, 1.165) is 36.8 Å². The summed E-state index contributed by atoms with van der Waals surface area (Å²) in [6.45, 7) is 5.14. The van der Waals surface area contributed by atoms with E-state index in [0.29, 0.717) is 18.1 Å². The van der Waals surface area contributed by atoms with Gasteiger partial charge in [-0.25, -0.2) is 8.42 Å². The smallest absolute Gasteiger partial charge is 0.243 e. The summed E-state index contributed by atoms with van der Waals surface area (Å²) in [5.74, 6) is 0. The average Bonchev–Trinajstić information content (AvgIpc) is 3.27. The van der Waals surface area contributed by atoms with Crippen molar-refractivity contribution in [1.29, 1.82) is 0 Å². The summed E-state index contributed by atoms with van der Waals surface area (Å²) in [7, 11) is -3.41. The number of nitrogens with zero attached hydrogens (tertiary/aromatic N) is 1. The molecule has 0 N–H and O–H groups in total. The highest BCUT2D eigenvalue weighted by Gasteiger charge is 2.43. The highest BCUT2D eigenvalue weighted by molar-refractivity contribution is 7.89. The van der Waals surface area contributed by atoms with Crippen LogP contribution in [0.4, 0.5) is 0 Å². The van der Waals surface area contributed by atoms with Crippen molar-refractivity contribution in [3.8, 4) is 0 Å². The molecule has 1 aliphatic carbocycles. The SMILES string of the molecule is Cc1ccc(C)c(S(=O)(=O)N(C2CCOCC2)C2CC2)c1. The average molecular weight is 309 g/mol. The molecule has 0 bridgehead atoms. The standard InChI is InChI=1S/C16H23NO3S/c1-12-3-4-13(2)16(11-12)21(18,19)17(14-5-6-14)15-7-9-20-10-8-15/h3-4,11,14-15H,5-10H2,1-2H3. The fourth-order valence-electron chi connectivity index (χ4n) is 3.06. The lowest BCUT2D eigenvalue weighted by atomic mass is 10.1. The zero-order valence-electron chi connectivity index (χ0n) is 12.7. The van der Waals surface area contributed by atoms with Gasteiger partial charge in [0, 0.05) is 25.3 Å². The number of rotatable bonds is 4. The zero-order valence-corrected chi connectivity index (χ0v) is 13.5. The van der Waals surface area contributed by atoms with Crippen LogP contribution in [0.3, 0.4) is 0 Å². The van der Waals surface area contributed by atoms with Crippen LogP contribution in [0.15, 0.2) is 23.1 Å². The molecule has 3 rings (SSSR count). The lowest BCUT2D eigenvalue weighted by Gasteiger charge is -2.34. The van der Waals surface area contributed by atoms with Crippen molar-refractivity contribution in [2.75, 3.05) is 13.2 Å².